The Hall–Kier alpha value is -4.13. The zero-order valence-electron chi connectivity index (χ0n) is 16.1. The summed E-state index contributed by atoms with van der Waals surface area (Å²) in [5, 5.41) is 2.72. The zero-order valence-corrected chi connectivity index (χ0v) is 16.1. The first-order valence-electron chi connectivity index (χ1n) is 9.25. The third-order valence-corrected chi connectivity index (χ3v) is 4.85. The van der Waals surface area contributed by atoms with Gasteiger partial charge in [-0.3, -0.25) is 29.1 Å². The number of carbonyl (C=O) groups excluding carboxylic acids is 4. The molecule has 0 saturated heterocycles. The summed E-state index contributed by atoms with van der Waals surface area (Å²) < 4.78 is 0. The molecular formula is C23H17N3O4. The predicted octanol–water partition coefficient (Wildman–Crippen LogP) is 3.33. The van der Waals surface area contributed by atoms with E-state index in [9.17, 15) is 19.2 Å². The molecular weight excluding hydrogens is 382 g/mol. The minimum absolute atomic E-state index is 0.0643. The number of carbonyl (C=O) groups is 4. The lowest BCUT2D eigenvalue weighted by Gasteiger charge is -2.13. The van der Waals surface area contributed by atoms with Crippen molar-refractivity contribution in [3.05, 3.63) is 94.8 Å². The molecule has 4 rings (SSSR count). The Morgan fingerprint density at radius 1 is 0.933 bits per heavy atom. The maximum atomic E-state index is 12.8. The number of benzene rings is 2. The van der Waals surface area contributed by atoms with Crippen molar-refractivity contribution >= 4 is 29.2 Å². The maximum Gasteiger partial charge on any atom is 0.261 e. The second-order valence-corrected chi connectivity index (χ2v) is 6.91. The minimum atomic E-state index is -0.445. The molecule has 0 spiro atoms. The lowest BCUT2D eigenvalue weighted by atomic mass is 10.1. The van der Waals surface area contributed by atoms with Gasteiger partial charge in [0.25, 0.3) is 17.7 Å². The van der Waals surface area contributed by atoms with Crippen LogP contribution in [0.15, 0.2) is 67.0 Å². The van der Waals surface area contributed by atoms with Crippen LogP contribution in [-0.4, -0.2) is 33.4 Å². The van der Waals surface area contributed by atoms with Crippen LogP contribution in [0.5, 0.6) is 0 Å². The summed E-state index contributed by atoms with van der Waals surface area (Å²) in [4.78, 5) is 54.5. The number of rotatable bonds is 5. The Morgan fingerprint density at radius 2 is 1.63 bits per heavy atom. The molecule has 0 unspecified atom stereocenters. The number of Topliss-reactive ketones (excluding diaryl/α,β-unsaturated/α-hetero) is 1. The van der Waals surface area contributed by atoms with Gasteiger partial charge in [0.15, 0.2) is 5.78 Å². The lowest BCUT2D eigenvalue weighted by Crippen LogP contribution is -2.29. The van der Waals surface area contributed by atoms with Crippen molar-refractivity contribution in [2.24, 2.45) is 0 Å². The van der Waals surface area contributed by atoms with Crippen LogP contribution in [0.4, 0.5) is 5.69 Å². The Kier molecular flexibility index (Phi) is 4.93. The number of nitrogens with zero attached hydrogens (tertiary/aromatic N) is 2. The maximum absolute atomic E-state index is 12.8. The van der Waals surface area contributed by atoms with Crippen molar-refractivity contribution in [2.75, 3.05) is 5.32 Å². The summed E-state index contributed by atoms with van der Waals surface area (Å²) in [7, 11) is 0. The van der Waals surface area contributed by atoms with Crippen molar-refractivity contribution in [3.63, 3.8) is 0 Å². The first kappa shape index (κ1) is 19.2. The number of ketones is 1. The molecule has 0 radical (unpaired) electrons. The first-order valence-corrected chi connectivity index (χ1v) is 9.25. The monoisotopic (exact) mass is 399 g/mol. The molecule has 3 amide bonds. The quantitative estimate of drug-likeness (QED) is 0.524. The summed E-state index contributed by atoms with van der Waals surface area (Å²) in [5.41, 5.74) is 2.52. The van der Waals surface area contributed by atoms with Crippen LogP contribution in [-0.2, 0) is 6.54 Å². The van der Waals surface area contributed by atoms with Gasteiger partial charge in [-0.1, -0.05) is 6.07 Å². The van der Waals surface area contributed by atoms with E-state index in [2.05, 4.69) is 10.3 Å². The number of nitrogens with one attached hydrogen (secondary N) is 1. The highest BCUT2D eigenvalue weighted by atomic mass is 16.2. The molecule has 1 aliphatic rings. The second kappa shape index (κ2) is 7.71. The van der Waals surface area contributed by atoms with Crippen LogP contribution >= 0.6 is 0 Å². The van der Waals surface area contributed by atoms with Crippen LogP contribution < -0.4 is 5.32 Å². The molecule has 0 aliphatic carbocycles. The number of fused-ring (bicyclic) bond motifs is 1. The number of pyridine rings is 1. The van der Waals surface area contributed by atoms with E-state index in [-0.39, 0.29) is 29.0 Å². The summed E-state index contributed by atoms with van der Waals surface area (Å²) in [6.07, 6.45) is 3.21. The molecule has 0 bridgehead atoms. The lowest BCUT2D eigenvalue weighted by molar-refractivity contribution is 0.0641. The molecule has 1 N–H and O–H groups in total. The molecule has 0 atom stereocenters. The van der Waals surface area contributed by atoms with Gasteiger partial charge in [-0.25, -0.2) is 0 Å². The van der Waals surface area contributed by atoms with E-state index in [0.29, 0.717) is 11.3 Å². The highest BCUT2D eigenvalue weighted by molar-refractivity contribution is 6.22. The molecule has 30 heavy (non-hydrogen) atoms. The van der Waals surface area contributed by atoms with E-state index >= 15 is 0 Å². The van der Waals surface area contributed by atoms with Crippen LogP contribution in [0.1, 0.15) is 53.9 Å². The average Bonchev–Trinajstić information content (AvgIpc) is 2.99. The van der Waals surface area contributed by atoms with Gasteiger partial charge in [-0.2, -0.15) is 0 Å². The van der Waals surface area contributed by atoms with E-state index in [1.54, 1.807) is 48.8 Å². The van der Waals surface area contributed by atoms with Gasteiger partial charge in [0.05, 0.1) is 17.7 Å². The van der Waals surface area contributed by atoms with Crippen molar-refractivity contribution in [3.8, 4) is 0 Å². The zero-order chi connectivity index (χ0) is 21.3. The highest BCUT2D eigenvalue weighted by Crippen LogP contribution is 2.26. The standard InChI is InChI=1S/C23H17N3O4/c1-14(27)16-4-7-18(8-5-16)25-21(28)17-6-9-19-20(11-17)23(30)26(22(19)29)13-15-3-2-10-24-12-15/h2-12H,13H2,1H3,(H,25,28). The second-order valence-electron chi connectivity index (χ2n) is 6.91. The number of hydrogen-bond donors (Lipinski definition) is 1. The van der Waals surface area contributed by atoms with E-state index in [1.807, 2.05) is 0 Å². The molecule has 0 saturated carbocycles. The minimum Gasteiger partial charge on any atom is -0.322 e. The van der Waals surface area contributed by atoms with Gasteiger partial charge < -0.3 is 5.32 Å². The molecule has 2 heterocycles. The van der Waals surface area contributed by atoms with Crippen molar-refractivity contribution in [1.29, 1.82) is 0 Å². The van der Waals surface area contributed by atoms with Crippen LogP contribution in [0, 0.1) is 0 Å². The van der Waals surface area contributed by atoms with Crippen molar-refractivity contribution < 1.29 is 19.2 Å². The summed E-state index contributed by atoms with van der Waals surface area (Å²) in [6, 6.07) is 14.5. The van der Waals surface area contributed by atoms with Gasteiger partial charge >= 0.3 is 0 Å². The molecule has 1 aromatic heterocycles. The molecule has 3 aromatic rings. The molecule has 148 valence electrons. The first-order chi connectivity index (χ1) is 14.4. The van der Waals surface area contributed by atoms with Gasteiger partial charge in [0, 0.05) is 29.2 Å². The summed E-state index contributed by atoms with van der Waals surface area (Å²) in [6.45, 7) is 1.58. The van der Waals surface area contributed by atoms with E-state index in [0.717, 1.165) is 10.5 Å². The fourth-order valence-corrected chi connectivity index (χ4v) is 3.24. The Balaban J connectivity index is 1.53. The van der Waals surface area contributed by atoms with Crippen LogP contribution in [0.25, 0.3) is 0 Å². The number of aromatic nitrogens is 1. The van der Waals surface area contributed by atoms with Crippen molar-refractivity contribution in [2.45, 2.75) is 13.5 Å². The van der Waals surface area contributed by atoms with Gasteiger partial charge in [-0.05, 0) is 61.0 Å². The molecule has 1 aliphatic heterocycles. The third-order valence-electron chi connectivity index (χ3n) is 4.85. The fourth-order valence-electron chi connectivity index (χ4n) is 3.24. The highest BCUT2D eigenvalue weighted by Gasteiger charge is 2.36. The van der Waals surface area contributed by atoms with E-state index < -0.39 is 17.7 Å². The number of amides is 3. The largest absolute Gasteiger partial charge is 0.322 e. The smallest absolute Gasteiger partial charge is 0.261 e. The Morgan fingerprint density at radius 3 is 2.30 bits per heavy atom. The Labute approximate surface area is 172 Å². The molecule has 7 nitrogen and oxygen atoms in total. The SMILES string of the molecule is CC(=O)c1ccc(NC(=O)c2ccc3c(c2)C(=O)N(Cc2cccnc2)C3=O)cc1. The van der Waals surface area contributed by atoms with Gasteiger partial charge in [-0.15, -0.1) is 0 Å². The normalized spacial score (nSPS) is 12.6. The van der Waals surface area contributed by atoms with Crippen molar-refractivity contribution in [1.82, 2.24) is 9.88 Å². The van der Waals surface area contributed by atoms with E-state index in [4.69, 9.17) is 0 Å². The molecule has 7 heteroatoms. The number of imide groups is 1. The molecule has 2 aromatic carbocycles. The third kappa shape index (κ3) is 3.60. The number of anilines is 1. The summed E-state index contributed by atoms with van der Waals surface area (Å²) >= 11 is 0. The Bertz CT molecular complexity index is 1170. The average molecular weight is 399 g/mol. The summed E-state index contributed by atoms with van der Waals surface area (Å²) in [5.74, 6) is -1.32. The topological polar surface area (TPSA) is 96.4 Å². The van der Waals surface area contributed by atoms with Gasteiger partial charge in [0.1, 0.15) is 0 Å². The number of hydrogen-bond acceptors (Lipinski definition) is 5. The van der Waals surface area contributed by atoms with Crippen LogP contribution in [0.3, 0.4) is 0 Å². The predicted molar refractivity (Wildman–Crippen MR) is 109 cm³/mol. The van der Waals surface area contributed by atoms with E-state index in [1.165, 1.54) is 25.1 Å². The molecule has 0 fully saturated rings. The van der Waals surface area contributed by atoms with Crippen LogP contribution in [0.2, 0.25) is 0 Å². The van der Waals surface area contributed by atoms with Gasteiger partial charge in [0.2, 0.25) is 0 Å². The fraction of sp³-hybridized carbons (Fsp3) is 0.0870.